The first-order chi connectivity index (χ1) is 14.4. The molecule has 3 aromatic rings. The van der Waals surface area contributed by atoms with E-state index in [4.69, 9.17) is 0 Å². The molecule has 5 nitrogen and oxygen atoms in total. The third-order valence-corrected chi connectivity index (χ3v) is 6.12. The van der Waals surface area contributed by atoms with Crippen LogP contribution < -0.4 is 10.6 Å². The van der Waals surface area contributed by atoms with Crippen molar-refractivity contribution in [1.82, 2.24) is 10.6 Å². The number of guanidine groups is 1. The van der Waals surface area contributed by atoms with Gasteiger partial charge in [0.25, 0.3) is 0 Å². The van der Waals surface area contributed by atoms with E-state index in [1.54, 1.807) is 12.1 Å². The van der Waals surface area contributed by atoms with Crippen molar-refractivity contribution < 1.29 is 8.42 Å². The van der Waals surface area contributed by atoms with Gasteiger partial charge >= 0.3 is 0 Å². The normalized spacial score (nSPS) is 13.2. The Morgan fingerprint density at radius 1 is 1.00 bits per heavy atom. The fourth-order valence-corrected chi connectivity index (χ4v) is 3.92. The zero-order valence-electron chi connectivity index (χ0n) is 17.7. The van der Waals surface area contributed by atoms with Gasteiger partial charge in [0, 0.05) is 19.3 Å². The molecule has 0 spiro atoms. The topological polar surface area (TPSA) is 70.6 Å². The van der Waals surface area contributed by atoms with Crippen molar-refractivity contribution in [3.05, 3.63) is 77.9 Å². The van der Waals surface area contributed by atoms with Gasteiger partial charge in [-0.05, 0) is 60.4 Å². The zero-order valence-corrected chi connectivity index (χ0v) is 18.5. The molecule has 0 bridgehead atoms. The molecular formula is C24H29N3O2S. The molecule has 2 N–H and O–H groups in total. The second-order valence-electron chi connectivity index (χ2n) is 7.40. The van der Waals surface area contributed by atoms with Crippen LogP contribution in [0.15, 0.2) is 76.6 Å². The van der Waals surface area contributed by atoms with Crippen LogP contribution in [-0.4, -0.2) is 33.7 Å². The van der Waals surface area contributed by atoms with E-state index in [-0.39, 0.29) is 6.04 Å². The largest absolute Gasteiger partial charge is 0.357 e. The number of hydrogen-bond acceptors (Lipinski definition) is 3. The van der Waals surface area contributed by atoms with Crippen LogP contribution in [0.3, 0.4) is 0 Å². The Labute approximate surface area is 179 Å². The van der Waals surface area contributed by atoms with E-state index in [0.717, 1.165) is 24.5 Å². The summed E-state index contributed by atoms with van der Waals surface area (Å²) in [5.74, 6) is 0.769. The molecule has 1 atom stereocenters. The molecule has 6 heteroatoms. The Kier molecular flexibility index (Phi) is 7.11. The number of hydrogen-bond donors (Lipinski definition) is 2. The van der Waals surface area contributed by atoms with Gasteiger partial charge in [-0.15, -0.1) is 0 Å². The minimum atomic E-state index is -3.16. The molecule has 158 valence electrons. The van der Waals surface area contributed by atoms with Gasteiger partial charge < -0.3 is 10.6 Å². The summed E-state index contributed by atoms with van der Waals surface area (Å²) in [5, 5.41) is 9.23. The lowest BCUT2D eigenvalue weighted by Crippen LogP contribution is -2.38. The molecule has 0 saturated carbocycles. The van der Waals surface area contributed by atoms with Crippen molar-refractivity contribution in [1.29, 1.82) is 0 Å². The lowest BCUT2D eigenvalue weighted by molar-refractivity contribution is 0.602. The van der Waals surface area contributed by atoms with Gasteiger partial charge in [-0.25, -0.2) is 8.42 Å². The van der Waals surface area contributed by atoms with Crippen molar-refractivity contribution in [3.8, 4) is 0 Å². The first-order valence-corrected chi connectivity index (χ1v) is 12.1. The van der Waals surface area contributed by atoms with Crippen LogP contribution in [0.2, 0.25) is 0 Å². The van der Waals surface area contributed by atoms with Crippen molar-refractivity contribution in [2.45, 2.75) is 31.2 Å². The number of rotatable bonds is 7. The summed E-state index contributed by atoms with van der Waals surface area (Å²) < 4.78 is 23.1. The first kappa shape index (κ1) is 21.8. The number of nitrogens with zero attached hydrogens (tertiary/aromatic N) is 1. The van der Waals surface area contributed by atoms with Crippen LogP contribution in [0.5, 0.6) is 0 Å². The minimum Gasteiger partial charge on any atom is -0.357 e. The molecule has 3 rings (SSSR count). The average Bonchev–Trinajstić information content (AvgIpc) is 2.73. The van der Waals surface area contributed by atoms with E-state index < -0.39 is 9.84 Å². The average molecular weight is 424 g/mol. The highest BCUT2D eigenvalue weighted by molar-refractivity contribution is 7.90. The number of sulfone groups is 1. The number of fused-ring (bicyclic) bond motifs is 1. The smallest absolute Gasteiger partial charge is 0.191 e. The van der Waals surface area contributed by atoms with Crippen molar-refractivity contribution in [2.75, 3.05) is 19.3 Å². The van der Waals surface area contributed by atoms with Gasteiger partial charge in [0.1, 0.15) is 0 Å². The van der Waals surface area contributed by atoms with E-state index in [0.29, 0.717) is 11.4 Å². The molecular weight excluding hydrogens is 394 g/mol. The molecule has 0 saturated heterocycles. The molecule has 0 aliphatic carbocycles. The molecule has 30 heavy (non-hydrogen) atoms. The van der Waals surface area contributed by atoms with Crippen LogP contribution in [0, 0.1) is 0 Å². The second-order valence-corrected chi connectivity index (χ2v) is 9.42. The first-order valence-electron chi connectivity index (χ1n) is 10.2. The van der Waals surface area contributed by atoms with Gasteiger partial charge in [-0.2, -0.15) is 0 Å². The third kappa shape index (κ3) is 5.83. The van der Waals surface area contributed by atoms with E-state index in [1.165, 1.54) is 22.6 Å². The number of nitrogens with one attached hydrogen (secondary N) is 2. The Morgan fingerprint density at radius 2 is 1.70 bits per heavy atom. The third-order valence-electron chi connectivity index (χ3n) is 4.99. The fraction of sp³-hybridized carbons (Fsp3) is 0.292. The minimum absolute atomic E-state index is 0.112. The predicted molar refractivity (Wildman–Crippen MR) is 125 cm³/mol. The fourth-order valence-electron chi connectivity index (χ4n) is 3.29. The molecule has 0 aromatic heterocycles. The molecule has 3 aromatic carbocycles. The highest BCUT2D eigenvalue weighted by Crippen LogP contribution is 2.20. The molecule has 0 radical (unpaired) electrons. The van der Waals surface area contributed by atoms with E-state index >= 15 is 0 Å². The highest BCUT2D eigenvalue weighted by atomic mass is 32.2. The van der Waals surface area contributed by atoms with Gasteiger partial charge in [0.05, 0.1) is 10.9 Å². The zero-order chi connectivity index (χ0) is 21.6. The summed E-state index contributed by atoms with van der Waals surface area (Å²) >= 11 is 0. The highest BCUT2D eigenvalue weighted by Gasteiger charge is 2.09. The summed E-state index contributed by atoms with van der Waals surface area (Å²) in [6.07, 6.45) is 1.96. The van der Waals surface area contributed by atoms with Crippen LogP contribution >= 0.6 is 0 Å². The standard InChI is InChI=1S/C24H29N3O2S/c1-4-25-24(26-16-15-19-9-13-23(14-10-19)30(3,28)29)27-18(2)21-12-11-20-7-5-6-8-22(20)17-21/h5-14,17-18H,4,15-16H2,1-3H3,(H2,25,26,27). The SMILES string of the molecule is CCNC(=NCCc1ccc(S(C)(=O)=O)cc1)NC(C)c1ccc2ccccc2c1. The molecule has 0 amide bonds. The van der Waals surface area contributed by atoms with Gasteiger partial charge in [0.15, 0.2) is 15.8 Å². The maximum absolute atomic E-state index is 11.6. The molecule has 0 heterocycles. The molecule has 0 aliphatic rings. The summed E-state index contributed by atoms with van der Waals surface area (Å²) in [4.78, 5) is 5.03. The van der Waals surface area contributed by atoms with Crippen LogP contribution in [0.1, 0.15) is 31.0 Å². The summed E-state index contributed by atoms with van der Waals surface area (Å²) in [6, 6.07) is 22.0. The lowest BCUT2D eigenvalue weighted by atomic mass is 10.0. The Balaban J connectivity index is 1.64. The predicted octanol–water partition coefficient (Wildman–Crippen LogP) is 4.10. The molecule has 0 aliphatic heterocycles. The van der Waals surface area contributed by atoms with Crippen LogP contribution in [0.25, 0.3) is 10.8 Å². The quantitative estimate of drug-likeness (QED) is 0.443. The Bertz CT molecular complexity index is 1120. The number of benzene rings is 3. The Hall–Kier alpha value is -2.86. The van der Waals surface area contributed by atoms with Crippen LogP contribution in [-0.2, 0) is 16.3 Å². The van der Waals surface area contributed by atoms with Crippen LogP contribution in [0.4, 0.5) is 0 Å². The monoisotopic (exact) mass is 423 g/mol. The van der Waals surface area contributed by atoms with Crippen molar-refractivity contribution in [3.63, 3.8) is 0 Å². The maximum atomic E-state index is 11.6. The summed E-state index contributed by atoms with van der Waals surface area (Å²) in [7, 11) is -3.16. The van der Waals surface area contributed by atoms with E-state index in [1.807, 2.05) is 25.1 Å². The second kappa shape index (κ2) is 9.76. The molecule has 1 unspecified atom stereocenters. The lowest BCUT2D eigenvalue weighted by Gasteiger charge is -2.18. The maximum Gasteiger partial charge on any atom is 0.191 e. The number of aliphatic imine (C=N–C) groups is 1. The van der Waals surface area contributed by atoms with Gasteiger partial charge in [-0.1, -0.05) is 48.5 Å². The van der Waals surface area contributed by atoms with Crippen molar-refractivity contribution >= 4 is 26.6 Å². The summed E-state index contributed by atoms with van der Waals surface area (Å²) in [5.41, 5.74) is 2.26. The van der Waals surface area contributed by atoms with E-state index in [2.05, 4.69) is 58.9 Å². The van der Waals surface area contributed by atoms with Gasteiger partial charge in [0.2, 0.25) is 0 Å². The summed E-state index contributed by atoms with van der Waals surface area (Å²) in [6.45, 7) is 5.56. The Morgan fingerprint density at radius 3 is 2.37 bits per heavy atom. The van der Waals surface area contributed by atoms with Crippen molar-refractivity contribution in [2.24, 2.45) is 4.99 Å². The van der Waals surface area contributed by atoms with Gasteiger partial charge in [-0.3, -0.25) is 4.99 Å². The molecule has 0 fully saturated rings. The van der Waals surface area contributed by atoms with E-state index in [9.17, 15) is 8.42 Å².